The summed E-state index contributed by atoms with van der Waals surface area (Å²) >= 11 is 8.05. The monoisotopic (exact) mass is 1940 g/mol. The normalized spacial score (nSPS) is 10.8. The van der Waals surface area contributed by atoms with Crippen molar-refractivity contribution in [2.75, 3.05) is 0 Å². The third-order valence-electron chi connectivity index (χ3n) is 19.4. The molecule has 710 valence electrons. The molecule has 0 saturated heterocycles. The van der Waals surface area contributed by atoms with Gasteiger partial charge >= 0.3 is 31.2 Å². The topological polar surface area (TPSA) is 358 Å². The first-order valence-electron chi connectivity index (χ1n) is 44.1. The van der Waals surface area contributed by atoms with Crippen LogP contribution in [0.15, 0.2) is 324 Å². The number of rotatable bonds is 24. The van der Waals surface area contributed by atoms with Crippen LogP contribution in [0.4, 0.5) is 9.59 Å². The van der Waals surface area contributed by atoms with Gasteiger partial charge in [0.1, 0.15) is 63.9 Å². The number of aliphatic hydroxyl groups excluding tert-OH is 1. The lowest BCUT2D eigenvalue weighted by molar-refractivity contribution is -0.139. The number of furan rings is 5. The van der Waals surface area contributed by atoms with Crippen LogP contribution in [-0.4, -0.2) is 98.2 Å². The summed E-state index contributed by atoms with van der Waals surface area (Å²) in [5, 5.41) is 73.9. The van der Waals surface area contributed by atoms with Gasteiger partial charge in [-0.3, -0.25) is 14.4 Å². The fraction of sp³-hybridized carbons (Fsp3) is 0.204. The van der Waals surface area contributed by atoms with Crippen molar-refractivity contribution in [3.8, 4) is 44.5 Å². The summed E-state index contributed by atoms with van der Waals surface area (Å²) in [4.78, 5) is 94.1. The zero-order valence-electron chi connectivity index (χ0n) is 78.0. The molecule has 137 heavy (non-hydrogen) atoms. The summed E-state index contributed by atoms with van der Waals surface area (Å²) in [5.41, 5.74) is 17.2. The molecule has 8 aromatic carbocycles. The average Bonchev–Trinajstić information content (AvgIpc) is 1.65. The number of aryl methyl sites for hydroxylation is 1. The number of aliphatic imine (C=N–C) groups is 1. The minimum absolute atomic E-state index is 0.00966. The molecule has 3 atom stereocenters. The van der Waals surface area contributed by atoms with Gasteiger partial charge in [0.15, 0.2) is 36.3 Å². The van der Waals surface area contributed by atoms with E-state index in [1.807, 2.05) is 253 Å². The Kier molecular flexibility index (Phi) is 45.4. The van der Waals surface area contributed by atoms with E-state index in [2.05, 4.69) is 86.7 Å². The highest BCUT2D eigenvalue weighted by Crippen LogP contribution is 2.34. The number of aliphatic hydroxyl groups is 1. The Bertz CT molecular complexity index is 6550. The van der Waals surface area contributed by atoms with E-state index < -0.39 is 49.4 Å². The van der Waals surface area contributed by atoms with Crippen LogP contribution in [0.1, 0.15) is 143 Å². The number of Topliss-reactive ketones (excluding diaryl/α,β-unsaturated/α-hetero) is 3. The van der Waals surface area contributed by atoms with Crippen molar-refractivity contribution in [3.05, 3.63) is 348 Å². The molecule has 0 aliphatic carbocycles. The summed E-state index contributed by atoms with van der Waals surface area (Å²) < 4.78 is 37.9. The van der Waals surface area contributed by atoms with E-state index in [9.17, 15) is 43.5 Å². The van der Waals surface area contributed by atoms with Gasteiger partial charge in [0.2, 0.25) is 11.8 Å². The Morgan fingerprint density at radius 1 is 0.401 bits per heavy atom. The quantitative estimate of drug-likeness (QED) is 0.0128. The van der Waals surface area contributed by atoms with Crippen molar-refractivity contribution in [2.45, 2.75) is 147 Å². The number of carboxylic acids is 2. The molecule has 0 spiro atoms. The maximum Gasteiger partial charge on any atom is 0.489 e. The summed E-state index contributed by atoms with van der Waals surface area (Å²) in [6.45, 7) is 22.5. The summed E-state index contributed by atoms with van der Waals surface area (Å²) in [6, 6.07) is 74.1. The molecule has 3 unspecified atom stereocenters. The summed E-state index contributed by atoms with van der Waals surface area (Å²) in [5.74, 6) is -0.395. The molecule has 0 aliphatic rings. The second kappa shape index (κ2) is 57.5. The second-order valence-electron chi connectivity index (χ2n) is 29.5. The molecular formula is C108H110BN3O20S5. The average molecular weight is 1940 g/mol. The third-order valence-corrected chi connectivity index (χ3v) is 22.9. The number of ether oxygens (including phenoxy) is 2. The van der Waals surface area contributed by atoms with Crippen molar-refractivity contribution >= 4 is 172 Å². The van der Waals surface area contributed by atoms with E-state index in [1.165, 1.54) is 61.3 Å². The highest BCUT2D eigenvalue weighted by Gasteiger charge is 2.24. The number of carbonyl (C=O) groups is 7. The number of carboxylic acid groups (broad SMARTS) is 2. The lowest BCUT2D eigenvalue weighted by Crippen LogP contribution is -2.42. The first kappa shape index (κ1) is 108. The van der Waals surface area contributed by atoms with Gasteiger partial charge < -0.3 is 67.6 Å². The maximum absolute atomic E-state index is 12.2. The SMILES string of the molecule is CC.CC.CC.CC(=O)C(Cc1ccccc1)N=C=O.CC(=O)C(Cc1ccccc1)NC(=O)OCc1cc2cc(-c3ccsc3)ccc2o1.CC(=O)c1cc2cc(C)ccc2o1.CCC.O=C(NC(Cc1ccccc1)C(=O)O)OCc1cc2cc(-c3ccsc3)ccc2o1.O=C(O)c1cc2cc(-c3ccsc3)ccc2o1.OB(O)c1ccsc1.OCc1cc2cc(-c3ccsc3)ccc2o1. The Morgan fingerprint density at radius 3 is 1.09 bits per heavy atom. The molecule has 10 aromatic heterocycles. The number of aliphatic carboxylic acids is 1. The summed E-state index contributed by atoms with van der Waals surface area (Å²) in [7, 11) is -1.30. The minimum Gasteiger partial charge on any atom is -0.480 e. The molecule has 10 heterocycles. The number of nitrogens with one attached hydrogen (secondary N) is 2. The lowest BCUT2D eigenvalue weighted by atomic mass is 9.83. The molecule has 7 N–H and O–H groups in total. The molecule has 23 nitrogen and oxygen atoms in total. The Morgan fingerprint density at radius 2 is 0.745 bits per heavy atom. The van der Waals surface area contributed by atoms with Crippen molar-refractivity contribution in [2.24, 2.45) is 4.99 Å². The molecule has 29 heteroatoms. The lowest BCUT2D eigenvalue weighted by Gasteiger charge is -2.15. The van der Waals surface area contributed by atoms with E-state index in [0.717, 1.165) is 93.8 Å². The van der Waals surface area contributed by atoms with Crippen molar-refractivity contribution < 1.29 is 95.3 Å². The smallest absolute Gasteiger partial charge is 0.480 e. The van der Waals surface area contributed by atoms with Gasteiger partial charge in [-0.1, -0.05) is 195 Å². The molecule has 18 rings (SSSR count). The maximum atomic E-state index is 12.2. The van der Waals surface area contributed by atoms with Crippen molar-refractivity contribution in [3.63, 3.8) is 0 Å². The third kappa shape index (κ3) is 34.6. The number of fused-ring (bicyclic) bond motifs is 5. The van der Waals surface area contributed by atoms with E-state index in [4.69, 9.17) is 51.8 Å². The molecule has 0 aliphatic heterocycles. The highest BCUT2D eigenvalue weighted by atomic mass is 32.1. The number of amides is 2. The molecule has 0 radical (unpaired) electrons. The van der Waals surface area contributed by atoms with Crippen LogP contribution in [0.2, 0.25) is 0 Å². The second-order valence-corrected chi connectivity index (χ2v) is 33.4. The van der Waals surface area contributed by atoms with Gasteiger partial charge in [-0.25, -0.2) is 24.0 Å². The number of aromatic carboxylic acids is 1. The number of thiophene rings is 5. The number of isocyanates is 1. The fourth-order valence-electron chi connectivity index (χ4n) is 12.9. The predicted octanol–water partition coefficient (Wildman–Crippen LogP) is 26.6. The Hall–Kier alpha value is -14.2. The number of nitrogens with zero attached hydrogens (tertiary/aromatic N) is 1. The van der Waals surface area contributed by atoms with E-state index >= 15 is 0 Å². The van der Waals surface area contributed by atoms with Crippen LogP contribution in [-0.2, 0) is 67.7 Å². The van der Waals surface area contributed by atoms with Crippen LogP contribution < -0.4 is 16.1 Å². The van der Waals surface area contributed by atoms with Gasteiger partial charge in [-0.15, -0.1) is 0 Å². The van der Waals surface area contributed by atoms with Crippen LogP contribution in [0.5, 0.6) is 0 Å². The Labute approximate surface area is 815 Å². The van der Waals surface area contributed by atoms with Crippen molar-refractivity contribution in [1.82, 2.24) is 10.6 Å². The van der Waals surface area contributed by atoms with Crippen LogP contribution in [0.25, 0.3) is 99.4 Å². The van der Waals surface area contributed by atoms with Crippen LogP contribution >= 0.6 is 56.7 Å². The zero-order chi connectivity index (χ0) is 99.1. The van der Waals surface area contributed by atoms with Crippen LogP contribution in [0.3, 0.4) is 0 Å². The number of benzene rings is 8. The first-order chi connectivity index (χ1) is 66.4. The van der Waals surface area contributed by atoms with Gasteiger partial charge in [0, 0.05) is 46.7 Å². The van der Waals surface area contributed by atoms with Crippen molar-refractivity contribution in [1.29, 1.82) is 0 Å². The van der Waals surface area contributed by atoms with Gasteiger partial charge in [0.05, 0.1) is 6.04 Å². The summed E-state index contributed by atoms with van der Waals surface area (Å²) in [6.07, 6.45) is 2.27. The largest absolute Gasteiger partial charge is 0.489 e. The van der Waals surface area contributed by atoms with E-state index in [-0.39, 0.29) is 49.4 Å². The van der Waals surface area contributed by atoms with Gasteiger partial charge in [-0.2, -0.15) is 61.7 Å². The van der Waals surface area contributed by atoms with Gasteiger partial charge in [0.25, 0.3) is 0 Å². The molecule has 18 aromatic rings. The number of alkyl carbamates (subject to hydrolysis) is 2. The number of hydrogen-bond donors (Lipinski definition) is 7. The number of hydrogen-bond acceptors (Lipinski definition) is 24. The standard InChI is InChI=1S/C24H21NO4S.C23H19NO5S.C13H8O3S.C13H10O2S.C11H11NO2.C11H10O2.C4H5BO2S.C3H8.3C2H6/c1-16(26)22(11-17-5-3-2-4-6-17)25-24(27)28-14-21-13-20-12-18(7-8-23(20)29-21)19-9-10-30-15-19;25-22(26)20(10-15-4-2-1-3-5-15)24-23(27)28-13-19-12-18-11-16(6-7-21(18)29-19)17-8-9-30-14-17;14-13(15)12-6-10-5-8(1-2-11(10)16-12)9-3-4-17-7-9;14-7-12-6-11-5-9(1-2-13(11)15-12)10-3-4-16-8-10;1-9(14)11(12-8-13)7-10-5-3-2-4-6-10;1-7-3-4-10-9(5-7)6-11(13-10)8(2)12;6-5(7)4-1-2-8-3-4;1-3-2;3*1-2/h2-10,12-13,15,22H,11,14H2,1H3,(H,25,27);1-9,11-12,14,20H,10,13H2,(H,24,27)(H,25,26);1-7H,(H,14,15);1-6,8,14H,7H2;2-6,11H,7H2,1H3;3-6H,1-2H3;1-3,6-7H;3H2,1-2H3;3*1-2H3. The van der Waals surface area contributed by atoms with Crippen LogP contribution in [0, 0.1) is 6.92 Å². The Balaban J connectivity index is 0.000000200. The molecule has 2 amide bonds. The minimum atomic E-state index is -1.30. The molecule has 0 bridgehead atoms. The molecular weight excluding hydrogens is 1830 g/mol. The number of carbonyl (C=O) groups excluding carboxylic acids is 6. The molecule has 0 fully saturated rings. The predicted molar refractivity (Wildman–Crippen MR) is 552 cm³/mol. The first-order valence-corrected chi connectivity index (χ1v) is 48.8. The molecule has 0 saturated carbocycles. The zero-order valence-corrected chi connectivity index (χ0v) is 82.1. The number of ketones is 3. The van der Waals surface area contributed by atoms with E-state index in [0.29, 0.717) is 52.5 Å². The fourth-order valence-corrected chi connectivity index (χ4v) is 16.2. The van der Waals surface area contributed by atoms with E-state index in [1.54, 1.807) is 80.4 Å². The van der Waals surface area contributed by atoms with Gasteiger partial charge in [-0.05, 0) is 263 Å². The highest BCUT2D eigenvalue weighted by molar-refractivity contribution is 7.09.